The molecule has 3 N–H and O–H groups in total. The summed E-state index contributed by atoms with van der Waals surface area (Å²) < 4.78 is 0. The van der Waals surface area contributed by atoms with E-state index in [0.717, 1.165) is 26.1 Å². The summed E-state index contributed by atoms with van der Waals surface area (Å²) in [5, 5.41) is 3.33. The molecule has 1 aliphatic rings. The Morgan fingerprint density at radius 2 is 2.11 bits per heavy atom. The van der Waals surface area contributed by atoms with Crippen LogP contribution in [0.3, 0.4) is 0 Å². The molecule has 1 amide bonds. The van der Waals surface area contributed by atoms with E-state index < -0.39 is 5.54 Å². The first-order chi connectivity index (χ1) is 8.89. The second-order valence-corrected chi connectivity index (χ2v) is 6.51. The molecule has 112 valence electrons. The number of nitrogens with one attached hydrogen (secondary N) is 1. The van der Waals surface area contributed by atoms with E-state index in [2.05, 4.69) is 31.0 Å². The van der Waals surface area contributed by atoms with Crippen molar-refractivity contribution in [2.75, 3.05) is 19.6 Å². The highest BCUT2D eigenvalue weighted by Gasteiger charge is 2.37. The van der Waals surface area contributed by atoms with Gasteiger partial charge in [0, 0.05) is 12.6 Å². The van der Waals surface area contributed by atoms with Gasteiger partial charge in [0.25, 0.3) is 0 Å². The zero-order chi connectivity index (χ0) is 14.5. The van der Waals surface area contributed by atoms with Gasteiger partial charge in [0.15, 0.2) is 0 Å². The van der Waals surface area contributed by atoms with Gasteiger partial charge in [-0.2, -0.15) is 0 Å². The molecule has 0 radical (unpaired) electrons. The van der Waals surface area contributed by atoms with E-state index in [1.807, 2.05) is 6.92 Å². The maximum absolute atomic E-state index is 11.8. The van der Waals surface area contributed by atoms with Gasteiger partial charge in [0.1, 0.15) is 5.54 Å². The lowest BCUT2D eigenvalue weighted by molar-refractivity contribution is -0.124. The molecule has 1 aliphatic carbocycles. The maximum atomic E-state index is 11.8. The fourth-order valence-electron chi connectivity index (χ4n) is 2.28. The number of carbonyl (C=O) groups excluding carboxylic acids is 1. The molecule has 0 aromatic heterocycles. The first kappa shape index (κ1) is 16.4. The summed E-state index contributed by atoms with van der Waals surface area (Å²) >= 11 is 0. The third-order valence-corrected chi connectivity index (χ3v) is 3.89. The third kappa shape index (κ3) is 5.49. The number of hydrogen-bond acceptors (Lipinski definition) is 3. The molecule has 19 heavy (non-hydrogen) atoms. The minimum absolute atomic E-state index is 0.240. The smallest absolute Gasteiger partial charge is 0.238 e. The fraction of sp³-hybridized carbons (Fsp3) is 0.933. The number of amides is 1. The molecule has 1 rings (SSSR count). The van der Waals surface area contributed by atoms with Gasteiger partial charge in [-0.1, -0.05) is 20.8 Å². The van der Waals surface area contributed by atoms with Crippen LogP contribution >= 0.6 is 0 Å². The van der Waals surface area contributed by atoms with Crippen molar-refractivity contribution in [2.24, 2.45) is 11.7 Å². The van der Waals surface area contributed by atoms with Crippen LogP contribution in [0, 0.1) is 5.92 Å². The van der Waals surface area contributed by atoms with Gasteiger partial charge in [-0.3, -0.25) is 9.69 Å². The molecule has 0 aromatic rings. The number of nitrogens with two attached hydrogens (primary N) is 1. The van der Waals surface area contributed by atoms with Gasteiger partial charge in [-0.15, -0.1) is 0 Å². The Kier molecular flexibility index (Phi) is 6.27. The standard InChI is InChI=1S/C15H31N3O/c1-5-9-17-15(4,14(16)19)11-18(13-6-7-13)10-8-12(2)3/h12-13,17H,5-11H2,1-4H3,(H2,16,19). The number of hydrogen-bond donors (Lipinski definition) is 2. The van der Waals surface area contributed by atoms with Crippen LogP contribution < -0.4 is 11.1 Å². The summed E-state index contributed by atoms with van der Waals surface area (Å²) in [5.74, 6) is 0.459. The Balaban J connectivity index is 2.59. The largest absolute Gasteiger partial charge is 0.368 e. The minimum Gasteiger partial charge on any atom is -0.368 e. The molecule has 1 saturated carbocycles. The minimum atomic E-state index is -0.602. The Morgan fingerprint density at radius 3 is 2.53 bits per heavy atom. The summed E-state index contributed by atoms with van der Waals surface area (Å²) in [6.45, 7) is 11.2. The summed E-state index contributed by atoms with van der Waals surface area (Å²) in [7, 11) is 0. The van der Waals surface area contributed by atoms with Crippen LogP contribution in [0.2, 0.25) is 0 Å². The molecular weight excluding hydrogens is 238 g/mol. The molecule has 4 nitrogen and oxygen atoms in total. The van der Waals surface area contributed by atoms with Gasteiger partial charge < -0.3 is 11.1 Å². The highest BCUT2D eigenvalue weighted by atomic mass is 16.1. The van der Waals surface area contributed by atoms with Crippen molar-refractivity contribution in [1.82, 2.24) is 10.2 Å². The van der Waals surface area contributed by atoms with E-state index in [4.69, 9.17) is 5.73 Å². The highest BCUT2D eigenvalue weighted by molar-refractivity contribution is 5.84. The molecule has 0 bridgehead atoms. The van der Waals surface area contributed by atoms with Crippen LogP contribution in [0.4, 0.5) is 0 Å². The first-order valence-electron chi connectivity index (χ1n) is 7.68. The van der Waals surface area contributed by atoms with Crippen LogP contribution in [0.25, 0.3) is 0 Å². The SMILES string of the molecule is CCCNC(C)(CN(CCC(C)C)C1CC1)C(N)=O. The van der Waals surface area contributed by atoms with Crippen LogP contribution in [-0.2, 0) is 4.79 Å². The number of nitrogens with zero attached hydrogens (tertiary/aromatic N) is 1. The fourth-order valence-corrected chi connectivity index (χ4v) is 2.28. The van der Waals surface area contributed by atoms with Crippen LogP contribution in [0.1, 0.15) is 53.4 Å². The summed E-state index contributed by atoms with van der Waals surface area (Å²) in [4.78, 5) is 14.2. The molecular formula is C15H31N3O. The quantitative estimate of drug-likeness (QED) is 0.635. The normalized spacial score (nSPS) is 18.8. The van der Waals surface area contributed by atoms with Crippen molar-refractivity contribution in [3.63, 3.8) is 0 Å². The van der Waals surface area contributed by atoms with Gasteiger partial charge in [0.2, 0.25) is 5.91 Å². The lowest BCUT2D eigenvalue weighted by atomic mass is 9.99. The zero-order valence-corrected chi connectivity index (χ0v) is 13.0. The Hall–Kier alpha value is -0.610. The molecule has 1 atom stereocenters. The van der Waals surface area contributed by atoms with Gasteiger partial charge in [-0.05, 0) is 51.6 Å². The van der Waals surface area contributed by atoms with Crippen LogP contribution in [0.15, 0.2) is 0 Å². The van der Waals surface area contributed by atoms with Gasteiger partial charge >= 0.3 is 0 Å². The molecule has 0 aliphatic heterocycles. The predicted octanol–water partition coefficient (Wildman–Crippen LogP) is 1.74. The van der Waals surface area contributed by atoms with Crippen molar-refractivity contribution >= 4 is 5.91 Å². The van der Waals surface area contributed by atoms with E-state index in [1.54, 1.807) is 0 Å². The second kappa shape index (κ2) is 7.25. The van der Waals surface area contributed by atoms with E-state index in [9.17, 15) is 4.79 Å². The molecule has 0 aromatic carbocycles. The van der Waals surface area contributed by atoms with Crippen molar-refractivity contribution < 1.29 is 4.79 Å². The lowest BCUT2D eigenvalue weighted by Gasteiger charge is -2.34. The number of rotatable bonds is 10. The van der Waals surface area contributed by atoms with Gasteiger partial charge in [0.05, 0.1) is 0 Å². The number of primary amides is 1. The van der Waals surface area contributed by atoms with E-state index >= 15 is 0 Å². The van der Waals surface area contributed by atoms with Crippen molar-refractivity contribution in [1.29, 1.82) is 0 Å². The van der Waals surface area contributed by atoms with Crippen molar-refractivity contribution in [3.8, 4) is 0 Å². The average Bonchev–Trinajstić information content (AvgIpc) is 3.15. The van der Waals surface area contributed by atoms with Crippen LogP contribution in [0.5, 0.6) is 0 Å². The molecule has 0 saturated heterocycles. The van der Waals surface area contributed by atoms with Crippen molar-refractivity contribution in [2.45, 2.75) is 65.0 Å². The molecule has 4 heteroatoms. The third-order valence-electron chi connectivity index (χ3n) is 3.89. The summed E-state index contributed by atoms with van der Waals surface area (Å²) in [5.41, 5.74) is 5.01. The van der Waals surface area contributed by atoms with Gasteiger partial charge in [-0.25, -0.2) is 0 Å². The van der Waals surface area contributed by atoms with E-state index in [1.165, 1.54) is 19.3 Å². The van der Waals surface area contributed by atoms with Crippen LogP contribution in [-0.4, -0.2) is 42.0 Å². The Labute approximate surface area is 118 Å². The lowest BCUT2D eigenvalue weighted by Crippen LogP contribution is -2.60. The summed E-state index contributed by atoms with van der Waals surface area (Å²) in [6, 6.07) is 0.667. The topological polar surface area (TPSA) is 58.4 Å². The Bertz CT molecular complexity index is 289. The summed E-state index contributed by atoms with van der Waals surface area (Å²) in [6.07, 6.45) is 4.72. The molecule has 1 unspecified atom stereocenters. The maximum Gasteiger partial charge on any atom is 0.238 e. The molecule has 0 heterocycles. The second-order valence-electron chi connectivity index (χ2n) is 6.51. The first-order valence-corrected chi connectivity index (χ1v) is 7.68. The molecule has 1 fully saturated rings. The molecule has 0 spiro atoms. The zero-order valence-electron chi connectivity index (χ0n) is 13.0. The average molecular weight is 269 g/mol. The monoisotopic (exact) mass is 269 g/mol. The van der Waals surface area contributed by atoms with E-state index in [-0.39, 0.29) is 5.91 Å². The van der Waals surface area contributed by atoms with Crippen molar-refractivity contribution in [3.05, 3.63) is 0 Å². The predicted molar refractivity (Wildman–Crippen MR) is 79.9 cm³/mol. The van der Waals surface area contributed by atoms with E-state index in [0.29, 0.717) is 12.0 Å². The number of carbonyl (C=O) groups is 1. The Morgan fingerprint density at radius 1 is 1.47 bits per heavy atom. The highest BCUT2D eigenvalue weighted by Crippen LogP contribution is 2.28.